The van der Waals surface area contributed by atoms with E-state index in [0.717, 1.165) is 25.3 Å². The second-order valence-corrected chi connectivity index (χ2v) is 5.46. The summed E-state index contributed by atoms with van der Waals surface area (Å²) < 4.78 is 16.9. The number of para-hydroxylation sites is 1. The van der Waals surface area contributed by atoms with Crippen LogP contribution in [0.3, 0.4) is 0 Å². The number of anilines is 1. The summed E-state index contributed by atoms with van der Waals surface area (Å²) in [7, 11) is 0. The number of benzene rings is 1. The summed E-state index contributed by atoms with van der Waals surface area (Å²) in [4.78, 5) is 11.4. The van der Waals surface area contributed by atoms with E-state index in [9.17, 15) is 4.79 Å². The van der Waals surface area contributed by atoms with Crippen molar-refractivity contribution in [1.29, 1.82) is 0 Å². The molecule has 3 rings (SSSR count). The number of rotatable bonds is 9. The fourth-order valence-electron chi connectivity index (χ4n) is 2.44. The van der Waals surface area contributed by atoms with Gasteiger partial charge < -0.3 is 24.8 Å². The van der Waals surface area contributed by atoms with E-state index in [1.54, 1.807) is 12.3 Å². The van der Waals surface area contributed by atoms with Crippen LogP contribution in [0.1, 0.15) is 6.42 Å². The molecular weight excluding hydrogens is 324 g/mol. The molecule has 2 aromatic rings. The van der Waals surface area contributed by atoms with E-state index < -0.39 is 0 Å². The van der Waals surface area contributed by atoms with Crippen LogP contribution < -0.4 is 30.4 Å². The number of aromatic amines is 1. The molecule has 1 aliphatic rings. The molecule has 0 fully saturated rings. The lowest BCUT2D eigenvalue weighted by atomic mass is 10.3. The Labute approximate surface area is 145 Å². The number of nitrogens with zero attached hydrogens (tertiary/aromatic N) is 1. The lowest BCUT2D eigenvalue weighted by Gasteiger charge is -2.20. The number of ether oxygens (including phenoxy) is 3. The van der Waals surface area contributed by atoms with E-state index >= 15 is 0 Å². The van der Waals surface area contributed by atoms with Crippen molar-refractivity contribution in [2.75, 3.05) is 44.8 Å². The van der Waals surface area contributed by atoms with Gasteiger partial charge in [-0.25, -0.2) is 5.10 Å². The number of H-pyrrole nitrogens is 1. The highest BCUT2D eigenvalue weighted by Gasteiger charge is 2.16. The van der Waals surface area contributed by atoms with Crippen LogP contribution in [0.25, 0.3) is 0 Å². The molecule has 0 radical (unpaired) electrons. The van der Waals surface area contributed by atoms with Crippen LogP contribution >= 0.6 is 0 Å². The van der Waals surface area contributed by atoms with E-state index in [1.807, 2.05) is 18.2 Å². The molecule has 0 bridgehead atoms. The fraction of sp³-hybridized carbons (Fsp3) is 0.412. The van der Waals surface area contributed by atoms with Gasteiger partial charge in [-0.2, -0.15) is 5.10 Å². The van der Waals surface area contributed by atoms with Gasteiger partial charge in [-0.3, -0.25) is 4.79 Å². The standard InChI is InChI=1S/C17H22N4O4/c22-17-13(5-8-20-21-17)19-7-2-6-18-9-10-23-14-3-1-4-15-16(14)25-12-11-24-15/h1,3-5,8,18H,2,6-7,9-12H2,(H,19,20)(H,21,22). The third-order valence-electron chi connectivity index (χ3n) is 3.64. The Kier molecular flexibility index (Phi) is 6.11. The molecule has 0 aliphatic carbocycles. The van der Waals surface area contributed by atoms with Gasteiger partial charge in [0.15, 0.2) is 11.5 Å². The molecule has 0 amide bonds. The summed E-state index contributed by atoms with van der Waals surface area (Å²) in [5.74, 6) is 2.12. The van der Waals surface area contributed by atoms with Crippen LogP contribution in [-0.4, -0.2) is 49.7 Å². The average Bonchev–Trinajstić information content (AvgIpc) is 2.65. The number of nitrogens with one attached hydrogen (secondary N) is 3. The summed E-state index contributed by atoms with van der Waals surface area (Å²) in [5, 5.41) is 12.4. The predicted octanol–water partition coefficient (Wildman–Crippen LogP) is 1.01. The van der Waals surface area contributed by atoms with Gasteiger partial charge in [0, 0.05) is 19.3 Å². The van der Waals surface area contributed by atoms with Crippen molar-refractivity contribution in [3.8, 4) is 17.2 Å². The molecule has 0 unspecified atom stereocenters. The molecule has 0 atom stereocenters. The number of hydrogen-bond acceptors (Lipinski definition) is 7. The minimum atomic E-state index is -0.207. The van der Waals surface area contributed by atoms with Gasteiger partial charge in [0.1, 0.15) is 25.5 Å². The topological polar surface area (TPSA) is 97.5 Å². The maximum Gasteiger partial charge on any atom is 0.287 e. The molecule has 25 heavy (non-hydrogen) atoms. The molecule has 0 saturated heterocycles. The van der Waals surface area contributed by atoms with Gasteiger partial charge in [-0.05, 0) is 31.2 Å². The van der Waals surface area contributed by atoms with Crippen molar-refractivity contribution in [2.24, 2.45) is 0 Å². The van der Waals surface area contributed by atoms with Crippen LogP contribution in [-0.2, 0) is 0 Å². The molecule has 1 aromatic heterocycles. The SMILES string of the molecule is O=c1[nH]nccc1NCCCNCCOc1cccc2c1OCCO2. The van der Waals surface area contributed by atoms with Crippen LogP contribution in [0.15, 0.2) is 35.3 Å². The molecule has 8 heteroatoms. The molecule has 1 aromatic carbocycles. The minimum absolute atomic E-state index is 0.207. The highest BCUT2D eigenvalue weighted by atomic mass is 16.6. The first kappa shape index (κ1) is 17.1. The van der Waals surface area contributed by atoms with Gasteiger partial charge in [-0.1, -0.05) is 6.07 Å². The summed E-state index contributed by atoms with van der Waals surface area (Å²) in [6.07, 6.45) is 2.44. The summed E-state index contributed by atoms with van der Waals surface area (Å²) in [6.45, 7) is 3.90. The first-order valence-electron chi connectivity index (χ1n) is 8.34. The average molecular weight is 346 g/mol. The maximum atomic E-state index is 11.4. The van der Waals surface area contributed by atoms with Gasteiger partial charge in [0.25, 0.3) is 5.56 Å². The first-order valence-corrected chi connectivity index (χ1v) is 8.34. The second kappa shape index (κ2) is 8.93. The largest absolute Gasteiger partial charge is 0.488 e. The van der Waals surface area contributed by atoms with Crippen molar-refractivity contribution >= 4 is 5.69 Å². The van der Waals surface area contributed by atoms with E-state index in [-0.39, 0.29) is 5.56 Å². The number of fused-ring (bicyclic) bond motifs is 1. The lowest BCUT2D eigenvalue weighted by Crippen LogP contribution is -2.24. The Bertz CT molecular complexity index is 735. The zero-order valence-corrected chi connectivity index (χ0v) is 13.9. The highest BCUT2D eigenvalue weighted by molar-refractivity contribution is 5.51. The number of aromatic nitrogens is 2. The molecule has 8 nitrogen and oxygen atoms in total. The zero-order chi connectivity index (χ0) is 17.3. The Hall–Kier alpha value is -2.74. The molecule has 0 spiro atoms. The van der Waals surface area contributed by atoms with E-state index in [4.69, 9.17) is 14.2 Å². The lowest BCUT2D eigenvalue weighted by molar-refractivity contribution is 0.162. The molecule has 1 aliphatic heterocycles. The fourth-order valence-corrected chi connectivity index (χ4v) is 2.44. The Morgan fingerprint density at radius 2 is 2.08 bits per heavy atom. The quantitative estimate of drug-likeness (QED) is 0.583. The summed E-state index contributed by atoms with van der Waals surface area (Å²) in [5.41, 5.74) is 0.329. The smallest absolute Gasteiger partial charge is 0.287 e. The van der Waals surface area contributed by atoms with Crippen molar-refractivity contribution in [1.82, 2.24) is 15.5 Å². The molecule has 3 N–H and O–H groups in total. The second-order valence-electron chi connectivity index (χ2n) is 5.46. The van der Waals surface area contributed by atoms with Crippen LogP contribution in [0.5, 0.6) is 17.2 Å². The maximum absolute atomic E-state index is 11.4. The van der Waals surface area contributed by atoms with Gasteiger partial charge in [-0.15, -0.1) is 0 Å². The van der Waals surface area contributed by atoms with Crippen LogP contribution in [0, 0.1) is 0 Å². The van der Waals surface area contributed by atoms with Gasteiger partial charge in [0.2, 0.25) is 5.75 Å². The normalized spacial score (nSPS) is 12.6. The van der Waals surface area contributed by atoms with Crippen molar-refractivity contribution < 1.29 is 14.2 Å². The first-order chi connectivity index (χ1) is 12.3. The van der Waals surface area contributed by atoms with E-state index in [1.165, 1.54) is 0 Å². The van der Waals surface area contributed by atoms with E-state index in [0.29, 0.717) is 43.6 Å². The summed E-state index contributed by atoms with van der Waals surface area (Å²) >= 11 is 0. The third-order valence-corrected chi connectivity index (χ3v) is 3.64. The minimum Gasteiger partial charge on any atom is -0.488 e. The third kappa shape index (κ3) is 4.87. The Morgan fingerprint density at radius 3 is 3.00 bits per heavy atom. The van der Waals surface area contributed by atoms with Crippen molar-refractivity contribution in [3.63, 3.8) is 0 Å². The zero-order valence-electron chi connectivity index (χ0n) is 13.9. The summed E-state index contributed by atoms with van der Waals surface area (Å²) in [6, 6.07) is 7.30. The molecule has 134 valence electrons. The highest BCUT2D eigenvalue weighted by Crippen LogP contribution is 2.38. The van der Waals surface area contributed by atoms with Crippen molar-refractivity contribution in [2.45, 2.75) is 6.42 Å². The van der Waals surface area contributed by atoms with E-state index in [2.05, 4.69) is 20.8 Å². The Balaban J connectivity index is 1.30. The number of hydrogen-bond donors (Lipinski definition) is 3. The van der Waals surface area contributed by atoms with Gasteiger partial charge >= 0.3 is 0 Å². The molecule has 0 saturated carbocycles. The molecular formula is C17H22N4O4. The predicted molar refractivity (Wildman–Crippen MR) is 93.8 cm³/mol. The Morgan fingerprint density at radius 1 is 1.16 bits per heavy atom. The van der Waals surface area contributed by atoms with Crippen LogP contribution in [0.2, 0.25) is 0 Å². The van der Waals surface area contributed by atoms with Crippen LogP contribution in [0.4, 0.5) is 5.69 Å². The molecule has 2 heterocycles. The van der Waals surface area contributed by atoms with Gasteiger partial charge in [0.05, 0.1) is 0 Å². The monoisotopic (exact) mass is 346 g/mol. The van der Waals surface area contributed by atoms with Crippen molar-refractivity contribution in [3.05, 3.63) is 40.8 Å².